The lowest BCUT2D eigenvalue weighted by molar-refractivity contribution is -0.384. The van der Waals surface area contributed by atoms with Crippen LogP contribution in [0.3, 0.4) is 0 Å². The van der Waals surface area contributed by atoms with Crippen LogP contribution < -0.4 is 0 Å². The monoisotopic (exact) mass is 428 g/mol. The third-order valence-electron chi connectivity index (χ3n) is 5.89. The van der Waals surface area contributed by atoms with E-state index in [0.29, 0.717) is 12.4 Å². The predicted molar refractivity (Wildman–Crippen MR) is 114 cm³/mol. The van der Waals surface area contributed by atoms with Gasteiger partial charge in [-0.15, -0.1) is 0 Å². The zero-order valence-electron chi connectivity index (χ0n) is 16.9. The molecule has 30 heavy (non-hydrogen) atoms. The van der Waals surface area contributed by atoms with Crippen LogP contribution in [0, 0.1) is 10.1 Å². The number of hydrogen-bond acceptors (Lipinski definition) is 6. The van der Waals surface area contributed by atoms with Crippen LogP contribution in [0.25, 0.3) is 0 Å². The number of benzene rings is 2. The van der Waals surface area contributed by atoms with Gasteiger partial charge in [0.1, 0.15) is 5.54 Å². The molecule has 0 N–H and O–H groups in total. The van der Waals surface area contributed by atoms with Crippen molar-refractivity contribution >= 4 is 21.7 Å². The minimum Gasteiger partial charge on any atom is -0.348 e. The molecule has 2 atom stereocenters. The van der Waals surface area contributed by atoms with Crippen molar-refractivity contribution in [3.05, 3.63) is 70.3 Å². The second-order valence-electron chi connectivity index (χ2n) is 7.91. The van der Waals surface area contributed by atoms with Crippen LogP contribution in [-0.2, 0) is 15.6 Å². The summed E-state index contributed by atoms with van der Waals surface area (Å²) in [5.74, 6) is 0.393. The molecular formula is C21H24N4O4S. The van der Waals surface area contributed by atoms with Crippen LogP contribution >= 0.6 is 0 Å². The molecule has 8 nitrogen and oxygen atoms in total. The Balaban J connectivity index is 1.84. The minimum atomic E-state index is -3.95. The Morgan fingerprint density at radius 1 is 1.10 bits per heavy atom. The van der Waals surface area contributed by atoms with Gasteiger partial charge in [-0.25, -0.2) is 17.7 Å². The molecule has 4 rings (SSSR count). The molecule has 0 saturated heterocycles. The molecule has 1 aliphatic heterocycles. The van der Waals surface area contributed by atoms with Crippen molar-refractivity contribution in [2.24, 2.45) is 4.99 Å². The number of non-ortho nitro benzene ring substituents is 1. The second kappa shape index (κ2) is 7.39. The van der Waals surface area contributed by atoms with Gasteiger partial charge in [0.15, 0.2) is 0 Å². The van der Waals surface area contributed by atoms with E-state index in [9.17, 15) is 18.5 Å². The highest BCUT2D eigenvalue weighted by molar-refractivity contribution is 7.89. The second-order valence-corrected chi connectivity index (χ2v) is 9.72. The Hall–Kier alpha value is -2.94. The Morgan fingerprint density at radius 2 is 1.77 bits per heavy atom. The van der Waals surface area contributed by atoms with E-state index in [1.807, 2.05) is 30.3 Å². The van der Waals surface area contributed by atoms with Crippen LogP contribution in [-0.4, -0.2) is 48.6 Å². The maximum atomic E-state index is 13.7. The Bertz CT molecular complexity index is 1080. The molecule has 9 heteroatoms. The summed E-state index contributed by atoms with van der Waals surface area (Å²) >= 11 is 0. The molecule has 0 spiro atoms. The van der Waals surface area contributed by atoms with Crippen LogP contribution in [0.5, 0.6) is 0 Å². The van der Waals surface area contributed by atoms with Crippen LogP contribution in [0.15, 0.2) is 64.5 Å². The lowest BCUT2D eigenvalue weighted by atomic mass is 9.74. The summed E-state index contributed by atoms with van der Waals surface area (Å²) in [6.07, 6.45) is 3.36. The van der Waals surface area contributed by atoms with Gasteiger partial charge in [0.05, 0.1) is 15.9 Å². The largest absolute Gasteiger partial charge is 0.348 e. The summed E-state index contributed by atoms with van der Waals surface area (Å²) in [5.41, 5.74) is 0.232. The van der Waals surface area contributed by atoms with Crippen molar-refractivity contribution in [3.63, 3.8) is 0 Å². The fraction of sp³-hybridized carbons (Fsp3) is 0.381. The topological polar surface area (TPSA) is 96.1 Å². The van der Waals surface area contributed by atoms with E-state index < -0.39 is 20.5 Å². The van der Waals surface area contributed by atoms with Gasteiger partial charge in [-0.2, -0.15) is 0 Å². The van der Waals surface area contributed by atoms with Crippen molar-refractivity contribution in [2.75, 3.05) is 14.1 Å². The number of rotatable bonds is 4. The van der Waals surface area contributed by atoms with Crippen LogP contribution in [0.4, 0.5) is 5.69 Å². The van der Waals surface area contributed by atoms with Gasteiger partial charge in [0.2, 0.25) is 5.96 Å². The molecule has 158 valence electrons. The van der Waals surface area contributed by atoms with E-state index in [2.05, 4.69) is 0 Å². The lowest BCUT2D eigenvalue weighted by Crippen LogP contribution is -2.51. The van der Waals surface area contributed by atoms with Crippen molar-refractivity contribution in [1.29, 1.82) is 0 Å². The minimum absolute atomic E-state index is 0.0251. The van der Waals surface area contributed by atoms with Gasteiger partial charge in [0, 0.05) is 26.2 Å². The molecule has 1 heterocycles. The Kier molecular flexibility index (Phi) is 5.01. The van der Waals surface area contributed by atoms with E-state index >= 15 is 0 Å². The average Bonchev–Trinajstić information content (AvgIpc) is 3.12. The fourth-order valence-corrected chi connectivity index (χ4v) is 6.24. The highest BCUT2D eigenvalue weighted by atomic mass is 32.2. The van der Waals surface area contributed by atoms with Crippen molar-refractivity contribution in [2.45, 2.75) is 42.2 Å². The van der Waals surface area contributed by atoms with Crippen molar-refractivity contribution in [1.82, 2.24) is 9.21 Å². The molecule has 0 unspecified atom stereocenters. The number of sulfonamides is 1. The van der Waals surface area contributed by atoms with Gasteiger partial charge in [-0.05, 0) is 30.5 Å². The third-order valence-corrected chi connectivity index (χ3v) is 7.70. The smallest absolute Gasteiger partial charge is 0.269 e. The molecule has 2 aliphatic rings. The maximum Gasteiger partial charge on any atom is 0.269 e. The molecule has 0 amide bonds. The number of fused-ring (bicyclic) bond motifs is 1. The molecule has 1 fully saturated rings. The van der Waals surface area contributed by atoms with Crippen molar-refractivity contribution < 1.29 is 13.3 Å². The summed E-state index contributed by atoms with van der Waals surface area (Å²) in [6.45, 7) is 0. The number of nitro groups is 1. The molecule has 1 aliphatic carbocycles. The SMILES string of the molecule is CN(C)C1=N[C@@]2(c3ccccc3)CCCC[C@H]2N1S(=O)(=O)c1ccc([N+](=O)[O-])cc1. The molecule has 2 aromatic carbocycles. The van der Waals surface area contributed by atoms with Gasteiger partial charge in [-0.1, -0.05) is 43.2 Å². The van der Waals surface area contributed by atoms with Crippen LogP contribution in [0.2, 0.25) is 0 Å². The number of aliphatic imine (C=N–C) groups is 1. The van der Waals surface area contributed by atoms with Crippen LogP contribution in [0.1, 0.15) is 31.2 Å². The maximum absolute atomic E-state index is 13.7. The fourth-order valence-electron chi connectivity index (χ4n) is 4.50. The number of nitro benzene ring substituents is 1. The number of nitrogens with zero attached hydrogens (tertiary/aromatic N) is 4. The Labute approximate surface area is 176 Å². The molecule has 1 saturated carbocycles. The normalized spacial score (nSPS) is 23.6. The predicted octanol–water partition coefficient (Wildman–Crippen LogP) is 3.35. The third kappa shape index (κ3) is 3.13. The van der Waals surface area contributed by atoms with E-state index in [1.165, 1.54) is 28.6 Å². The van der Waals surface area contributed by atoms with E-state index in [1.54, 1.807) is 19.0 Å². The van der Waals surface area contributed by atoms with E-state index in [0.717, 1.165) is 24.8 Å². The first-order valence-corrected chi connectivity index (χ1v) is 11.3. The Morgan fingerprint density at radius 3 is 2.37 bits per heavy atom. The van der Waals surface area contributed by atoms with E-state index in [4.69, 9.17) is 4.99 Å². The summed E-state index contributed by atoms with van der Waals surface area (Å²) in [5, 5.41) is 11.0. The molecule has 0 radical (unpaired) electrons. The van der Waals surface area contributed by atoms with E-state index in [-0.39, 0.29) is 16.6 Å². The summed E-state index contributed by atoms with van der Waals surface area (Å²) in [6, 6.07) is 14.6. The first kappa shape index (κ1) is 20.3. The summed E-state index contributed by atoms with van der Waals surface area (Å²) in [7, 11) is -0.384. The summed E-state index contributed by atoms with van der Waals surface area (Å²) < 4.78 is 28.8. The average molecular weight is 429 g/mol. The first-order chi connectivity index (χ1) is 14.3. The standard InChI is InChI=1S/C21H24N4O4S/c1-23(2)20-22-21(16-8-4-3-5-9-16)15-7-6-10-19(21)24(20)30(28,29)18-13-11-17(12-14-18)25(26)27/h3-5,8-9,11-14,19H,6-7,10,15H2,1-2H3/t19-,21-/m1/s1. The zero-order valence-corrected chi connectivity index (χ0v) is 17.7. The summed E-state index contributed by atoms with van der Waals surface area (Å²) in [4.78, 5) is 17.2. The number of guanidine groups is 1. The molecule has 0 bridgehead atoms. The first-order valence-electron chi connectivity index (χ1n) is 9.89. The highest BCUT2D eigenvalue weighted by Crippen LogP contribution is 2.49. The molecule has 2 aromatic rings. The quantitative estimate of drug-likeness (QED) is 0.550. The van der Waals surface area contributed by atoms with Gasteiger partial charge in [-0.3, -0.25) is 10.1 Å². The van der Waals surface area contributed by atoms with Gasteiger partial charge >= 0.3 is 0 Å². The van der Waals surface area contributed by atoms with Crippen molar-refractivity contribution in [3.8, 4) is 0 Å². The molecular weight excluding hydrogens is 404 g/mol. The molecule has 0 aromatic heterocycles. The van der Waals surface area contributed by atoms with Gasteiger partial charge < -0.3 is 4.90 Å². The van der Waals surface area contributed by atoms with Gasteiger partial charge in [0.25, 0.3) is 15.7 Å². The zero-order chi connectivity index (χ0) is 21.5. The lowest BCUT2D eigenvalue weighted by Gasteiger charge is -2.40. The highest BCUT2D eigenvalue weighted by Gasteiger charge is 2.55. The number of hydrogen-bond donors (Lipinski definition) is 0.